The van der Waals surface area contributed by atoms with Gasteiger partial charge < -0.3 is 0 Å². The molecule has 0 bridgehead atoms. The fraction of sp³-hybridized carbons (Fsp3) is 0.267. The predicted octanol–water partition coefficient (Wildman–Crippen LogP) is 8.77. The lowest BCUT2D eigenvalue weighted by atomic mass is 9.88. The second-order valence-corrected chi connectivity index (χ2v) is 9.34. The molecule has 150 valence electrons. The molecule has 0 radical (unpaired) electrons. The zero-order valence-corrected chi connectivity index (χ0v) is 19.5. The normalized spacial score (nSPS) is 12.0. The Balaban J connectivity index is 1.93. The van der Waals surface area contributed by atoms with Crippen molar-refractivity contribution in [3.8, 4) is 0 Å². The van der Waals surface area contributed by atoms with Gasteiger partial charge in [0, 0.05) is 0 Å². The summed E-state index contributed by atoms with van der Waals surface area (Å²) in [7, 11) is 0. The van der Waals surface area contributed by atoms with E-state index in [-0.39, 0.29) is 0 Å². The van der Waals surface area contributed by atoms with Crippen LogP contribution in [0.1, 0.15) is 44.5 Å². The summed E-state index contributed by atoms with van der Waals surface area (Å²) in [6.07, 6.45) is 0. The standard InChI is InChI=1S/C30H30/c1-15-16(2)20(6)28-12-24-10-26-14-30-22(8)18(4)17(3)21(7)29(30)13-25(26)9-23(24)11-27(28)19(15)5/h9-14H,1-8H3. The summed E-state index contributed by atoms with van der Waals surface area (Å²) in [4.78, 5) is 0. The molecule has 0 spiro atoms. The van der Waals surface area contributed by atoms with Crippen molar-refractivity contribution in [2.24, 2.45) is 0 Å². The molecule has 30 heavy (non-hydrogen) atoms. The van der Waals surface area contributed by atoms with Gasteiger partial charge >= 0.3 is 0 Å². The Labute approximate surface area is 179 Å². The van der Waals surface area contributed by atoms with Crippen LogP contribution in [-0.4, -0.2) is 0 Å². The first-order chi connectivity index (χ1) is 14.2. The Hall–Kier alpha value is -2.86. The van der Waals surface area contributed by atoms with E-state index in [9.17, 15) is 0 Å². The van der Waals surface area contributed by atoms with E-state index in [0.717, 1.165) is 0 Å². The van der Waals surface area contributed by atoms with Crippen LogP contribution in [0.25, 0.3) is 43.1 Å². The fourth-order valence-corrected chi connectivity index (χ4v) is 5.28. The van der Waals surface area contributed by atoms with Gasteiger partial charge in [-0.15, -0.1) is 0 Å². The molecule has 0 saturated heterocycles. The number of benzene rings is 5. The van der Waals surface area contributed by atoms with E-state index < -0.39 is 0 Å². The molecule has 5 rings (SSSR count). The summed E-state index contributed by atoms with van der Waals surface area (Å²) in [5.41, 5.74) is 11.3. The largest absolute Gasteiger partial charge is 0.0465 e. The van der Waals surface area contributed by atoms with Crippen LogP contribution in [0.5, 0.6) is 0 Å². The van der Waals surface area contributed by atoms with Crippen LogP contribution in [0, 0.1) is 55.4 Å². The summed E-state index contributed by atoms with van der Waals surface area (Å²) in [5.74, 6) is 0. The van der Waals surface area contributed by atoms with Crippen molar-refractivity contribution in [3.63, 3.8) is 0 Å². The maximum Gasteiger partial charge on any atom is -0.0143 e. The molecule has 0 unspecified atom stereocenters. The molecule has 0 fully saturated rings. The molecule has 0 aliphatic heterocycles. The first-order valence-electron chi connectivity index (χ1n) is 11.0. The smallest absolute Gasteiger partial charge is 0.0143 e. The summed E-state index contributed by atoms with van der Waals surface area (Å²) < 4.78 is 0. The van der Waals surface area contributed by atoms with Crippen LogP contribution in [0.3, 0.4) is 0 Å². The van der Waals surface area contributed by atoms with Crippen molar-refractivity contribution in [2.75, 3.05) is 0 Å². The Kier molecular flexibility index (Phi) is 4.03. The van der Waals surface area contributed by atoms with Crippen molar-refractivity contribution < 1.29 is 0 Å². The molecule has 0 aliphatic rings. The van der Waals surface area contributed by atoms with Crippen molar-refractivity contribution in [1.29, 1.82) is 0 Å². The molecule has 0 saturated carbocycles. The number of hydrogen-bond acceptors (Lipinski definition) is 0. The third-order valence-corrected chi connectivity index (χ3v) is 8.06. The lowest BCUT2D eigenvalue weighted by Gasteiger charge is -2.17. The number of hydrogen-bond donors (Lipinski definition) is 0. The van der Waals surface area contributed by atoms with Crippen LogP contribution in [0.15, 0.2) is 36.4 Å². The Morgan fingerprint density at radius 3 is 0.667 bits per heavy atom. The Bertz CT molecular complexity index is 1310. The van der Waals surface area contributed by atoms with Gasteiger partial charge in [-0.3, -0.25) is 0 Å². The second kappa shape index (κ2) is 6.32. The zero-order chi connectivity index (χ0) is 21.5. The van der Waals surface area contributed by atoms with Crippen LogP contribution in [-0.2, 0) is 0 Å². The molecule has 0 heteroatoms. The number of aryl methyl sites for hydroxylation is 4. The molecule has 0 aliphatic carbocycles. The van der Waals surface area contributed by atoms with E-state index in [0.29, 0.717) is 0 Å². The first kappa shape index (κ1) is 19.1. The lowest BCUT2D eigenvalue weighted by Crippen LogP contribution is -1.95. The van der Waals surface area contributed by atoms with Gasteiger partial charge in [-0.2, -0.15) is 0 Å². The van der Waals surface area contributed by atoms with Gasteiger partial charge in [-0.1, -0.05) is 0 Å². The van der Waals surface area contributed by atoms with Gasteiger partial charge in [0.05, 0.1) is 0 Å². The Morgan fingerprint density at radius 1 is 0.267 bits per heavy atom. The zero-order valence-electron chi connectivity index (χ0n) is 19.5. The van der Waals surface area contributed by atoms with Crippen LogP contribution in [0.2, 0.25) is 0 Å². The van der Waals surface area contributed by atoms with E-state index in [2.05, 4.69) is 91.8 Å². The highest BCUT2D eigenvalue weighted by atomic mass is 14.2. The maximum absolute atomic E-state index is 2.40. The van der Waals surface area contributed by atoms with E-state index in [1.165, 1.54) is 87.6 Å². The lowest BCUT2D eigenvalue weighted by molar-refractivity contribution is 1.25. The average molecular weight is 391 g/mol. The third kappa shape index (κ3) is 2.46. The SMILES string of the molecule is Cc1c(C)c(C)c2cc3cc4cc5c(C)c(C)c(C)c(C)c5cc4cc3cc2c1C. The third-order valence-electron chi connectivity index (χ3n) is 8.06. The molecular formula is C30H30. The minimum atomic E-state index is 1.33. The van der Waals surface area contributed by atoms with Crippen molar-refractivity contribution >= 4 is 43.1 Å². The van der Waals surface area contributed by atoms with Crippen LogP contribution >= 0.6 is 0 Å². The predicted molar refractivity (Wildman–Crippen MR) is 134 cm³/mol. The molecule has 5 aromatic rings. The van der Waals surface area contributed by atoms with Crippen LogP contribution in [0.4, 0.5) is 0 Å². The highest BCUT2D eigenvalue weighted by molar-refractivity contribution is 6.10. The van der Waals surface area contributed by atoms with Gasteiger partial charge in [0.25, 0.3) is 0 Å². The van der Waals surface area contributed by atoms with E-state index >= 15 is 0 Å². The van der Waals surface area contributed by atoms with Gasteiger partial charge in [0.2, 0.25) is 0 Å². The average Bonchev–Trinajstić information content (AvgIpc) is 2.75. The van der Waals surface area contributed by atoms with Crippen molar-refractivity contribution in [2.45, 2.75) is 55.4 Å². The summed E-state index contributed by atoms with van der Waals surface area (Å²) in [6.45, 7) is 18.1. The molecule has 0 aromatic heterocycles. The van der Waals surface area contributed by atoms with E-state index in [1.807, 2.05) is 0 Å². The monoisotopic (exact) mass is 390 g/mol. The van der Waals surface area contributed by atoms with Gasteiger partial charge in [-0.05, 0) is 179 Å². The highest BCUT2D eigenvalue weighted by Gasteiger charge is 2.13. The van der Waals surface area contributed by atoms with Crippen LogP contribution < -0.4 is 0 Å². The molecule has 0 atom stereocenters. The molecule has 0 N–H and O–H groups in total. The van der Waals surface area contributed by atoms with E-state index in [1.54, 1.807) is 0 Å². The molecule has 0 nitrogen and oxygen atoms in total. The molecule has 0 heterocycles. The highest BCUT2D eigenvalue weighted by Crippen LogP contribution is 2.37. The van der Waals surface area contributed by atoms with Crippen molar-refractivity contribution in [1.82, 2.24) is 0 Å². The summed E-state index contributed by atoms with van der Waals surface area (Å²) >= 11 is 0. The van der Waals surface area contributed by atoms with E-state index in [4.69, 9.17) is 0 Å². The summed E-state index contributed by atoms with van der Waals surface area (Å²) in [6, 6.07) is 14.4. The number of rotatable bonds is 0. The minimum Gasteiger partial charge on any atom is -0.0465 e. The maximum atomic E-state index is 2.40. The van der Waals surface area contributed by atoms with Gasteiger partial charge in [0.15, 0.2) is 0 Å². The quantitative estimate of drug-likeness (QED) is 0.232. The molecule has 5 aromatic carbocycles. The van der Waals surface area contributed by atoms with Crippen molar-refractivity contribution in [3.05, 3.63) is 80.9 Å². The Morgan fingerprint density at radius 2 is 0.467 bits per heavy atom. The van der Waals surface area contributed by atoms with Gasteiger partial charge in [0.1, 0.15) is 0 Å². The minimum absolute atomic E-state index is 1.33. The first-order valence-corrected chi connectivity index (χ1v) is 11.0. The topological polar surface area (TPSA) is 0 Å². The second-order valence-electron chi connectivity index (χ2n) is 9.34. The number of fused-ring (bicyclic) bond motifs is 4. The van der Waals surface area contributed by atoms with Gasteiger partial charge in [-0.25, -0.2) is 0 Å². The fourth-order valence-electron chi connectivity index (χ4n) is 5.28. The molecule has 0 amide bonds. The summed E-state index contributed by atoms with van der Waals surface area (Å²) in [5, 5.41) is 10.9. The molecular weight excluding hydrogens is 360 g/mol.